The third kappa shape index (κ3) is 4.59. The molecule has 0 aliphatic rings. The van der Waals surface area contributed by atoms with Crippen molar-refractivity contribution in [2.45, 2.75) is 13.8 Å². The molecule has 0 aliphatic carbocycles. The van der Waals surface area contributed by atoms with E-state index >= 15 is 0 Å². The standard InChI is InChI=1S/C26H23N3O3/c1-16-11-17(2)13-19(12-16)25(30)29-23-6-4-5-18-14-20(7-8-22(18)23)32-21-9-10-28-24(15-21)26(31)27-3/h4-15H,1-3H3,(H,27,31)(H,29,30). The van der Waals surface area contributed by atoms with Crippen LogP contribution >= 0.6 is 0 Å². The van der Waals surface area contributed by atoms with Crippen LogP contribution in [0.3, 0.4) is 0 Å². The number of aromatic nitrogens is 1. The molecule has 1 heterocycles. The fourth-order valence-corrected chi connectivity index (χ4v) is 3.60. The van der Waals surface area contributed by atoms with Gasteiger partial charge in [0.05, 0.1) is 0 Å². The molecular weight excluding hydrogens is 402 g/mol. The summed E-state index contributed by atoms with van der Waals surface area (Å²) in [5.74, 6) is 0.697. The molecule has 3 aromatic carbocycles. The van der Waals surface area contributed by atoms with Gasteiger partial charge in [0.25, 0.3) is 11.8 Å². The summed E-state index contributed by atoms with van der Waals surface area (Å²) in [6, 6.07) is 20.4. The normalized spacial score (nSPS) is 10.6. The molecule has 160 valence electrons. The maximum Gasteiger partial charge on any atom is 0.269 e. The van der Waals surface area contributed by atoms with Gasteiger partial charge < -0.3 is 15.4 Å². The first-order valence-electron chi connectivity index (χ1n) is 10.2. The second-order valence-corrected chi connectivity index (χ2v) is 7.58. The minimum absolute atomic E-state index is 0.150. The molecule has 0 aliphatic heterocycles. The molecule has 0 unspecified atom stereocenters. The van der Waals surface area contributed by atoms with E-state index in [1.807, 2.05) is 68.4 Å². The number of nitrogens with zero attached hydrogens (tertiary/aromatic N) is 1. The van der Waals surface area contributed by atoms with Gasteiger partial charge in [0.15, 0.2) is 0 Å². The summed E-state index contributed by atoms with van der Waals surface area (Å²) in [5, 5.41) is 7.38. The number of anilines is 1. The molecule has 0 atom stereocenters. The number of hydrogen-bond acceptors (Lipinski definition) is 4. The minimum atomic E-state index is -0.279. The van der Waals surface area contributed by atoms with Gasteiger partial charge in [-0.05, 0) is 61.7 Å². The van der Waals surface area contributed by atoms with Gasteiger partial charge in [-0.3, -0.25) is 14.6 Å². The van der Waals surface area contributed by atoms with Crippen LogP contribution in [-0.2, 0) is 0 Å². The second-order valence-electron chi connectivity index (χ2n) is 7.58. The fraction of sp³-hybridized carbons (Fsp3) is 0.115. The lowest BCUT2D eigenvalue weighted by molar-refractivity contribution is 0.0957. The first-order chi connectivity index (χ1) is 15.4. The van der Waals surface area contributed by atoms with Gasteiger partial charge in [0, 0.05) is 35.9 Å². The van der Waals surface area contributed by atoms with E-state index in [0.29, 0.717) is 17.1 Å². The molecular formula is C26H23N3O3. The van der Waals surface area contributed by atoms with Crippen molar-refractivity contribution in [2.24, 2.45) is 0 Å². The molecule has 0 saturated carbocycles. The average molecular weight is 425 g/mol. The highest BCUT2D eigenvalue weighted by Gasteiger charge is 2.11. The quantitative estimate of drug-likeness (QED) is 0.457. The summed E-state index contributed by atoms with van der Waals surface area (Å²) >= 11 is 0. The van der Waals surface area contributed by atoms with Crippen molar-refractivity contribution < 1.29 is 14.3 Å². The van der Waals surface area contributed by atoms with Gasteiger partial charge in [0.2, 0.25) is 0 Å². The van der Waals surface area contributed by atoms with Gasteiger partial charge in [-0.1, -0.05) is 29.3 Å². The van der Waals surface area contributed by atoms with Crippen molar-refractivity contribution in [2.75, 3.05) is 12.4 Å². The molecule has 2 amide bonds. The van der Waals surface area contributed by atoms with E-state index in [4.69, 9.17) is 4.74 Å². The SMILES string of the molecule is CNC(=O)c1cc(Oc2ccc3c(NC(=O)c4cc(C)cc(C)c4)cccc3c2)ccn1. The Morgan fingerprint density at radius 3 is 2.34 bits per heavy atom. The smallest absolute Gasteiger partial charge is 0.269 e. The molecule has 4 rings (SSSR count). The van der Waals surface area contributed by atoms with Gasteiger partial charge in [-0.2, -0.15) is 0 Å². The molecule has 0 saturated heterocycles. The lowest BCUT2D eigenvalue weighted by Gasteiger charge is -2.12. The number of amides is 2. The number of pyridine rings is 1. The predicted octanol–water partition coefficient (Wildman–Crippen LogP) is 5.26. The van der Waals surface area contributed by atoms with Crippen LogP contribution in [0.25, 0.3) is 10.8 Å². The Morgan fingerprint density at radius 1 is 0.844 bits per heavy atom. The highest BCUT2D eigenvalue weighted by Crippen LogP contribution is 2.30. The zero-order valence-electron chi connectivity index (χ0n) is 18.1. The van der Waals surface area contributed by atoms with Crippen molar-refractivity contribution in [3.05, 3.63) is 95.3 Å². The summed E-state index contributed by atoms with van der Waals surface area (Å²) in [5.41, 5.74) is 3.73. The van der Waals surface area contributed by atoms with Crippen LogP contribution in [0.2, 0.25) is 0 Å². The Balaban J connectivity index is 1.59. The first-order valence-corrected chi connectivity index (χ1v) is 10.2. The van der Waals surface area contributed by atoms with Crippen molar-refractivity contribution in [3.63, 3.8) is 0 Å². The largest absolute Gasteiger partial charge is 0.457 e. The number of rotatable bonds is 5. The van der Waals surface area contributed by atoms with Crippen molar-refractivity contribution in [1.82, 2.24) is 10.3 Å². The van der Waals surface area contributed by atoms with E-state index in [1.54, 1.807) is 19.2 Å². The van der Waals surface area contributed by atoms with Gasteiger partial charge in [-0.15, -0.1) is 0 Å². The Hall–Kier alpha value is -4.19. The molecule has 0 radical (unpaired) electrons. The highest BCUT2D eigenvalue weighted by molar-refractivity contribution is 6.09. The molecule has 2 N–H and O–H groups in total. The third-order valence-corrected chi connectivity index (χ3v) is 5.01. The lowest BCUT2D eigenvalue weighted by atomic mass is 10.1. The zero-order valence-corrected chi connectivity index (χ0v) is 18.1. The van der Waals surface area contributed by atoms with Crippen LogP contribution in [0.15, 0.2) is 72.9 Å². The second kappa shape index (κ2) is 8.89. The molecule has 6 nitrogen and oxygen atoms in total. The molecule has 4 aromatic rings. The van der Waals surface area contributed by atoms with Crippen molar-refractivity contribution >= 4 is 28.3 Å². The van der Waals surface area contributed by atoms with Crippen LogP contribution in [-0.4, -0.2) is 23.8 Å². The number of benzene rings is 3. The zero-order chi connectivity index (χ0) is 22.7. The fourth-order valence-electron chi connectivity index (χ4n) is 3.60. The molecule has 6 heteroatoms. The summed E-state index contributed by atoms with van der Waals surface area (Å²) in [6.45, 7) is 3.95. The van der Waals surface area contributed by atoms with Crippen molar-refractivity contribution in [1.29, 1.82) is 0 Å². The monoisotopic (exact) mass is 425 g/mol. The highest BCUT2D eigenvalue weighted by atomic mass is 16.5. The lowest BCUT2D eigenvalue weighted by Crippen LogP contribution is -2.18. The van der Waals surface area contributed by atoms with E-state index in [0.717, 1.165) is 27.6 Å². The molecule has 32 heavy (non-hydrogen) atoms. The first kappa shape index (κ1) is 21.1. The summed E-state index contributed by atoms with van der Waals surface area (Å²) in [4.78, 5) is 28.6. The summed E-state index contributed by atoms with van der Waals surface area (Å²) in [7, 11) is 1.55. The van der Waals surface area contributed by atoms with E-state index in [-0.39, 0.29) is 17.5 Å². The molecule has 1 aromatic heterocycles. The van der Waals surface area contributed by atoms with E-state index in [1.165, 1.54) is 6.20 Å². The Kier molecular flexibility index (Phi) is 5.85. The van der Waals surface area contributed by atoms with E-state index < -0.39 is 0 Å². The van der Waals surface area contributed by atoms with Crippen LogP contribution in [0, 0.1) is 13.8 Å². The topological polar surface area (TPSA) is 80.3 Å². The molecule has 0 spiro atoms. The maximum atomic E-state index is 12.8. The van der Waals surface area contributed by atoms with E-state index in [9.17, 15) is 9.59 Å². The van der Waals surface area contributed by atoms with Gasteiger partial charge in [0.1, 0.15) is 17.2 Å². The van der Waals surface area contributed by atoms with Crippen molar-refractivity contribution in [3.8, 4) is 11.5 Å². The predicted molar refractivity (Wildman–Crippen MR) is 126 cm³/mol. The maximum absolute atomic E-state index is 12.8. The Labute approximate surface area is 186 Å². The Morgan fingerprint density at radius 2 is 1.59 bits per heavy atom. The van der Waals surface area contributed by atoms with Crippen LogP contribution in [0.1, 0.15) is 32.0 Å². The number of nitrogens with one attached hydrogen (secondary N) is 2. The summed E-state index contributed by atoms with van der Waals surface area (Å²) < 4.78 is 5.93. The number of carbonyl (C=O) groups excluding carboxylic acids is 2. The van der Waals surface area contributed by atoms with Crippen LogP contribution < -0.4 is 15.4 Å². The number of fused-ring (bicyclic) bond motifs is 1. The number of aryl methyl sites for hydroxylation is 2. The van der Waals surface area contributed by atoms with Gasteiger partial charge >= 0.3 is 0 Å². The number of carbonyl (C=O) groups is 2. The number of hydrogen-bond donors (Lipinski definition) is 2. The van der Waals surface area contributed by atoms with Crippen LogP contribution in [0.4, 0.5) is 5.69 Å². The third-order valence-electron chi connectivity index (χ3n) is 5.01. The Bertz CT molecular complexity index is 1310. The minimum Gasteiger partial charge on any atom is -0.457 e. The molecule has 0 bridgehead atoms. The van der Waals surface area contributed by atoms with Crippen LogP contribution in [0.5, 0.6) is 11.5 Å². The average Bonchev–Trinajstić information content (AvgIpc) is 2.78. The van der Waals surface area contributed by atoms with E-state index in [2.05, 4.69) is 15.6 Å². The summed E-state index contributed by atoms with van der Waals surface area (Å²) in [6.07, 6.45) is 1.53. The number of ether oxygens (including phenoxy) is 1. The molecule has 0 fully saturated rings. The van der Waals surface area contributed by atoms with Gasteiger partial charge in [-0.25, -0.2) is 0 Å².